The zero-order chi connectivity index (χ0) is 16.1. The largest absolute Gasteiger partial charge is 0.326 e. The minimum absolute atomic E-state index is 0.293. The van der Waals surface area contributed by atoms with Gasteiger partial charge in [0.1, 0.15) is 6.42 Å². The highest BCUT2D eigenvalue weighted by Crippen LogP contribution is 2.23. The molecule has 0 heterocycles. The maximum Gasteiger partial charge on any atom is 0.233 e. The van der Waals surface area contributed by atoms with Gasteiger partial charge in [0.05, 0.1) is 0 Å². The van der Waals surface area contributed by atoms with Gasteiger partial charge in [0.25, 0.3) is 0 Å². The topological polar surface area (TPSA) is 58.2 Å². The predicted molar refractivity (Wildman–Crippen MR) is 89.5 cm³/mol. The lowest BCUT2D eigenvalue weighted by Crippen LogP contribution is -2.21. The Morgan fingerprint density at radius 2 is 1.68 bits per heavy atom. The summed E-state index contributed by atoms with van der Waals surface area (Å²) in [6.45, 7) is 1.80. The van der Waals surface area contributed by atoms with E-state index in [1.165, 1.54) is 0 Å². The summed E-state index contributed by atoms with van der Waals surface area (Å²) in [5.74, 6) is -0.829. The minimum atomic E-state index is -0.417. The Balaban J connectivity index is 1.94. The van der Waals surface area contributed by atoms with Crippen LogP contribution >= 0.6 is 23.2 Å². The van der Waals surface area contributed by atoms with Crippen molar-refractivity contribution in [2.45, 2.75) is 13.3 Å². The number of rotatable bonds is 4. The van der Waals surface area contributed by atoms with E-state index in [-0.39, 0.29) is 6.42 Å². The summed E-state index contributed by atoms with van der Waals surface area (Å²) >= 11 is 11.8. The summed E-state index contributed by atoms with van der Waals surface area (Å²) in [5.41, 5.74) is 1.89. The van der Waals surface area contributed by atoms with Crippen molar-refractivity contribution in [1.82, 2.24) is 0 Å². The summed E-state index contributed by atoms with van der Waals surface area (Å²) in [7, 11) is 0. The van der Waals surface area contributed by atoms with Crippen molar-refractivity contribution in [2.24, 2.45) is 0 Å². The Morgan fingerprint density at radius 3 is 2.41 bits per heavy atom. The number of hydrogen-bond donors (Lipinski definition) is 2. The van der Waals surface area contributed by atoms with E-state index in [1.54, 1.807) is 49.4 Å². The molecule has 114 valence electrons. The Labute approximate surface area is 138 Å². The quantitative estimate of drug-likeness (QED) is 0.819. The molecular formula is C16H14Cl2N2O2. The van der Waals surface area contributed by atoms with Crippen molar-refractivity contribution in [1.29, 1.82) is 0 Å². The molecule has 0 fully saturated rings. The lowest BCUT2D eigenvalue weighted by molar-refractivity contribution is -0.123. The van der Waals surface area contributed by atoms with Gasteiger partial charge >= 0.3 is 0 Å². The van der Waals surface area contributed by atoms with Crippen LogP contribution < -0.4 is 10.6 Å². The minimum Gasteiger partial charge on any atom is -0.326 e. The van der Waals surface area contributed by atoms with Crippen molar-refractivity contribution in [3.05, 3.63) is 58.1 Å². The molecule has 4 nitrogen and oxygen atoms in total. The summed E-state index contributed by atoms with van der Waals surface area (Å²) in [5, 5.41) is 6.35. The number of anilines is 2. The molecule has 0 spiro atoms. The van der Waals surface area contributed by atoms with Crippen LogP contribution in [-0.2, 0) is 9.59 Å². The monoisotopic (exact) mass is 336 g/mol. The molecule has 6 heteroatoms. The van der Waals surface area contributed by atoms with E-state index in [0.717, 1.165) is 5.56 Å². The second kappa shape index (κ2) is 7.29. The first-order valence-electron chi connectivity index (χ1n) is 6.56. The van der Waals surface area contributed by atoms with Gasteiger partial charge in [-0.05, 0) is 42.8 Å². The maximum absolute atomic E-state index is 11.9. The molecule has 2 aromatic rings. The maximum atomic E-state index is 11.9. The second-order valence-electron chi connectivity index (χ2n) is 4.70. The van der Waals surface area contributed by atoms with Crippen molar-refractivity contribution in [3.63, 3.8) is 0 Å². The Morgan fingerprint density at radius 1 is 1.00 bits per heavy atom. The highest BCUT2D eigenvalue weighted by atomic mass is 35.5. The zero-order valence-corrected chi connectivity index (χ0v) is 13.3. The van der Waals surface area contributed by atoms with Crippen LogP contribution in [-0.4, -0.2) is 11.8 Å². The van der Waals surface area contributed by atoms with Gasteiger partial charge in [0.15, 0.2) is 0 Å². The van der Waals surface area contributed by atoms with Gasteiger partial charge in [0.2, 0.25) is 11.8 Å². The average molecular weight is 337 g/mol. The van der Waals surface area contributed by atoms with Crippen LogP contribution in [0.4, 0.5) is 11.4 Å². The lowest BCUT2D eigenvalue weighted by Gasteiger charge is -2.10. The summed E-state index contributed by atoms with van der Waals surface area (Å²) in [6, 6.07) is 11.9. The number of amides is 2. The third-order valence-corrected chi connectivity index (χ3v) is 3.62. The molecule has 0 aromatic heterocycles. The van der Waals surface area contributed by atoms with Crippen LogP contribution in [0.2, 0.25) is 10.0 Å². The number of carbonyl (C=O) groups is 2. The highest BCUT2D eigenvalue weighted by Gasteiger charge is 2.12. The summed E-state index contributed by atoms with van der Waals surface area (Å²) < 4.78 is 0. The summed E-state index contributed by atoms with van der Waals surface area (Å²) in [4.78, 5) is 23.7. The van der Waals surface area contributed by atoms with E-state index in [4.69, 9.17) is 23.2 Å². The molecule has 0 saturated heterocycles. The number of benzene rings is 2. The Hall–Kier alpha value is -2.04. The number of carbonyl (C=O) groups excluding carboxylic acids is 2. The fourth-order valence-corrected chi connectivity index (χ4v) is 2.22. The number of hydrogen-bond acceptors (Lipinski definition) is 2. The molecule has 2 amide bonds. The number of nitrogens with one attached hydrogen (secondary N) is 2. The summed E-state index contributed by atoms with van der Waals surface area (Å²) in [6.07, 6.45) is -0.293. The molecule has 0 unspecified atom stereocenters. The molecule has 0 saturated carbocycles. The number of halogens is 2. The highest BCUT2D eigenvalue weighted by molar-refractivity contribution is 6.32. The van der Waals surface area contributed by atoms with Gasteiger partial charge in [-0.3, -0.25) is 9.59 Å². The fourth-order valence-electron chi connectivity index (χ4n) is 1.85. The van der Waals surface area contributed by atoms with Crippen LogP contribution in [0.5, 0.6) is 0 Å². The first-order chi connectivity index (χ1) is 10.5. The molecule has 0 aliphatic heterocycles. The van der Waals surface area contributed by atoms with E-state index in [0.29, 0.717) is 21.4 Å². The van der Waals surface area contributed by atoms with Crippen LogP contribution in [0.1, 0.15) is 12.0 Å². The van der Waals surface area contributed by atoms with Gasteiger partial charge < -0.3 is 10.6 Å². The van der Waals surface area contributed by atoms with E-state index in [2.05, 4.69) is 10.6 Å². The first-order valence-corrected chi connectivity index (χ1v) is 7.31. The van der Waals surface area contributed by atoms with Gasteiger partial charge in [-0.15, -0.1) is 0 Å². The SMILES string of the molecule is Cc1c(Cl)cccc1NC(=O)CC(=O)Nc1cccc(Cl)c1. The molecule has 2 N–H and O–H groups in total. The van der Waals surface area contributed by atoms with Gasteiger partial charge in [-0.25, -0.2) is 0 Å². The zero-order valence-electron chi connectivity index (χ0n) is 11.8. The molecule has 0 atom stereocenters. The van der Waals surface area contributed by atoms with Gasteiger partial charge in [0, 0.05) is 21.4 Å². The predicted octanol–water partition coefficient (Wildman–Crippen LogP) is 4.27. The Kier molecular flexibility index (Phi) is 5.41. The molecule has 22 heavy (non-hydrogen) atoms. The molecule has 2 aromatic carbocycles. The lowest BCUT2D eigenvalue weighted by atomic mass is 10.2. The van der Waals surface area contributed by atoms with Crippen molar-refractivity contribution in [2.75, 3.05) is 10.6 Å². The Bertz CT molecular complexity index is 717. The third-order valence-electron chi connectivity index (χ3n) is 2.97. The molecule has 0 aliphatic carbocycles. The first kappa shape index (κ1) is 16.3. The molecule has 0 bridgehead atoms. The molecule has 0 radical (unpaired) electrons. The van der Waals surface area contributed by atoms with Gasteiger partial charge in [-0.1, -0.05) is 35.3 Å². The average Bonchev–Trinajstić information content (AvgIpc) is 2.43. The van der Waals surface area contributed by atoms with Crippen LogP contribution in [0.3, 0.4) is 0 Å². The molecule has 2 rings (SSSR count). The van der Waals surface area contributed by atoms with Crippen molar-refractivity contribution >= 4 is 46.4 Å². The van der Waals surface area contributed by atoms with Crippen LogP contribution in [0.25, 0.3) is 0 Å². The molecule has 0 aliphatic rings. The van der Waals surface area contributed by atoms with Gasteiger partial charge in [-0.2, -0.15) is 0 Å². The van der Waals surface area contributed by atoms with Crippen LogP contribution in [0, 0.1) is 6.92 Å². The van der Waals surface area contributed by atoms with E-state index in [9.17, 15) is 9.59 Å². The van der Waals surface area contributed by atoms with E-state index < -0.39 is 11.8 Å². The van der Waals surface area contributed by atoms with E-state index in [1.807, 2.05) is 0 Å². The standard InChI is InChI=1S/C16H14Cl2N2O2/c1-10-13(18)6-3-7-14(10)20-16(22)9-15(21)19-12-5-2-4-11(17)8-12/h2-8H,9H2,1H3,(H,19,21)(H,20,22). The second-order valence-corrected chi connectivity index (χ2v) is 5.54. The normalized spacial score (nSPS) is 10.1. The fraction of sp³-hybridized carbons (Fsp3) is 0.125. The van der Waals surface area contributed by atoms with Crippen molar-refractivity contribution in [3.8, 4) is 0 Å². The van der Waals surface area contributed by atoms with Crippen LogP contribution in [0.15, 0.2) is 42.5 Å². The van der Waals surface area contributed by atoms with Crippen molar-refractivity contribution < 1.29 is 9.59 Å². The smallest absolute Gasteiger partial charge is 0.233 e. The third kappa shape index (κ3) is 4.48. The van der Waals surface area contributed by atoms with E-state index >= 15 is 0 Å². The molecular weight excluding hydrogens is 323 g/mol.